The monoisotopic (exact) mass is 358 g/mol. The second-order valence-electron chi connectivity index (χ2n) is 4.98. The highest BCUT2D eigenvalue weighted by atomic mass is 32.1. The van der Waals surface area contributed by atoms with Gasteiger partial charge in [0.05, 0.1) is 5.56 Å². The Morgan fingerprint density at radius 2 is 2.25 bits per heavy atom. The number of benzene rings is 1. The summed E-state index contributed by atoms with van der Waals surface area (Å²) < 4.78 is 44.5. The van der Waals surface area contributed by atoms with E-state index in [1.54, 1.807) is 0 Å². The number of ether oxygens (including phenoxy) is 1. The first-order chi connectivity index (χ1) is 11.3. The van der Waals surface area contributed by atoms with Gasteiger partial charge in [0.2, 0.25) is 0 Å². The van der Waals surface area contributed by atoms with E-state index in [0.717, 1.165) is 12.1 Å². The highest BCUT2D eigenvalue weighted by Crippen LogP contribution is 2.37. The number of carbonyl (C=O) groups is 1. The van der Waals surface area contributed by atoms with Gasteiger partial charge in [0, 0.05) is 12.1 Å². The Kier molecular flexibility index (Phi) is 5.31. The van der Waals surface area contributed by atoms with Gasteiger partial charge in [0.15, 0.2) is 0 Å². The lowest BCUT2D eigenvalue weighted by Gasteiger charge is -2.41. The fourth-order valence-electron chi connectivity index (χ4n) is 2.27. The third kappa shape index (κ3) is 3.60. The predicted molar refractivity (Wildman–Crippen MR) is 82.5 cm³/mol. The predicted octanol–water partition coefficient (Wildman–Crippen LogP) is 1.97. The van der Waals surface area contributed by atoms with Crippen molar-refractivity contribution < 1.29 is 27.9 Å². The number of alkyl halides is 3. The minimum Gasteiger partial charge on any atom is -0.480 e. The van der Waals surface area contributed by atoms with Crippen molar-refractivity contribution in [3.8, 4) is 18.1 Å². The van der Waals surface area contributed by atoms with Crippen LogP contribution < -0.4 is 10.2 Å². The van der Waals surface area contributed by atoms with E-state index in [0.29, 0.717) is 13.0 Å². The van der Waals surface area contributed by atoms with Crippen molar-refractivity contribution in [2.24, 2.45) is 0 Å². The number of nitrogens with one attached hydrogen (secondary N) is 1. The smallest absolute Gasteiger partial charge is 0.419 e. The van der Waals surface area contributed by atoms with Crippen molar-refractivity contribution in [1.82, 2.24) is 10.4 Å². The highest BCUT2D eigenvalue weighted by Gasteiger charge is 2.38. The van der Waals surface area contributed by atoms with Gasteiger partial charge in [-0.25, -0.2) is 5.48 Å². The molecule has 0 saturated carbocycles. The lowest BCUT2D eigenvalue weighted by atomic mass is 10.00. The third-order valence-corrected chi connectivity index (χ3v) is 4.01. The van der Waals surface area contributed by atoms with Crippen LogP contribution in [0.25, 0.3) is 0 Å². The molecule has 5 nitrogen and oxygen atoms in total. The summed E-state index contributed by atoms with van der Waals surface area (Å²) in [6, 6.07) is 2.67. The van der Waals surface area contributed by atoms with Gasteiger partial charge < -0.3 is 9.64 Å². The van der Waals surface area contributed by atoms with Crippen molar-refractivity contribution in [2.75, 3.05) is 13.2 Å². The van der Waals surface area contributed by atoms with Crippen LogP contribution in [0.5, 0.6) is 5.75 Å². The summed E-state index contributed by atoms with van der Waals surface area (Å²) in [7, 11) is 0. The maximum atomic E-state index is 13.2. The number of halogens is 3. The van der Waals surface area contributed by atoms with Crippen LogP contribution in [0.1, 0.15) is 17.5 Å². The quantitative estimate of drug-likeness (QED) is 0.373. The fourth-order valence-corrected chi connectivity index (χ4v) is 2.62. The van der Waals surface area contributed by atoms with Gasteiger partial charge in [0.1, 0.15) is 23.4 Å². The first-order valence-electron chi connectivity index (χ1n) is 6.82. The van der Waals surface area contributed by atoms with Crippen molar-refractivity contribution in [2.45, 2.75) is 18.6 Å². The number of likely N-dealkylation sites (tertiary alicyclic amines) is 1. The summed E-state index contributed by atoms with van der Waals surface area (Å²) in [5.41, 5.74) is 0.639. The Morgan fingerprint density at radius 1 is 1.54 bits per heavy atom. The standard InChI is InChI=1S/C15H13F3N2O3S/c1-2-7-23-12-4-3-9(8-10(12)15(16,17)18)14(24)20-6-5-11(20)13(21)19-22/h1,3-4,8,11,22H,5-7H2,(H,19,21)/t11-/m1/s1. The zero-order valence-electron chi connectivity index (χ0n) is 12.3. The van der Waals surface area contributed by atoms with Gasteiger partial charge in [-0.05, 0) is 24.6 Å². The molecule has 24 heavy (non-hydrogen) atoms. The molecule has 0 spiro atoms. The van der Waals surface area contributed by atoms with Crippen LogP contribution in [0.2, 0.25) is 0 Å². The molecule has 1 heterocycles. The van der Waals surface area contributed by atoms with Gasteiger partial charge in [0.25, 0.3) is 5.91 Å². The molecular formula is C15H13F3N2O3S. The fraction of sp³-hybridized carbons (Fsp3) is 0.333. The molecule has 1 aromatic rings. The number of hydroxylamine groups is 1. The molecule has 0 radical (unpaired) electrons. The molecule has 1 atom stereocenters. The maximum absolute atomic E-state index is 13.2. The number of terminal acetylenes is 1. The first-order valence-corrected chi connectivity index (χ1v) is 7.23. The summed E-state index contributed by atoms with van der Waals surface area (Å²) in [5, 5.41) is 8.66. The highest BCUT2D eigenvalue weighted by molar-refractivity contribution is 7.80. The van der Waals surface area contributed by atoms with E-state index in [1.807, 2.05) is 0 Å². The van der Waals surface area contributed by atoms with Crippen LogP contribution in [0.4, 0.5) is 13.2 Å². The van der Waals surface area contributed by atoms with Crippen LogP contribution in [0, 0.1) is 12.3 Å². The molecule has 2 N–H and O–H groups in total. The molecular weight excluding hydrogens is 345 g/mol. The summed E-state index contributed by atoms with van der Waals surface area (Å²) in [4.78, 5) is 13.0. The summed E-state index contributed by atoms with van der Waals surface area (Å²) in [6.07, 6.45) is 0.794. The van der Waals surface area contributed by atoms with Gasteiger partial charge in [-0.3, -0.25) is 10.0 Å². The van der Waals surface area contributed by atoms with Crippen LogP contribution in [-0.4, -0.2) is 40.2 Å². The molecule has 0 aliphatic carbocycles. The van der Waals surface area contributed by atoms with E-state index in [9.17, 15) is 18.0 Å². The Labute approximate surface area is 141 Å². The maximum Gasteiger partial charge on any atom is 0.419 e. The third-order valence-electron chi connectivity index (χ3n) is 3.54. The van der Waals surface area contributed by atoms with Crippen LogP contribution in [0.3, 0.4) is 0 Å². The van der Waals surface area contributed by atoms with Gasteiger partial charge in [-0.1, -0.05) is 18.1 Å². The minimum absolute atomic E-state index is 0.0869. The van der Waals surface area contributed by atoms with Crippen molar-refractivity contribution in [3.63, 3.8) is 0 Å². The second kappa shape index (κ2) is 7.07. The molecule has 0 unspecified atom stereocenters. The van der Waals surface area contributed by atoms with Crippen LogP contribution in [0.15, 0.2) is 18.2 Å². The Balaban J connectivity index is 2.30. The van der Waals surface area contributed by atoms with Crippen LogP contribution >= 0.6 is 12.2 Å². The molecule has 1 aliphatic rings. The molecule has 1 aromatic carbocycles. The molecule has 1 amide bonds. The summed E-state index contributed by atoms with van der Waals surface area (Å²) >= 11 is 5.17. The van der Waals surface area contributed by atoms with E-state index in [4.69, 9.17) is 28.6 Å². The SMILES string of the molecule is C#CCOc1ccc(C(=S)N2CC[C@@H]2C(=O)NO)cc1C(F)(F)F. The number of thiocarbonyl (C=S) groups is 1. The first kappa shape index (κ1) is 18.0. The van der Waals surface area contributed by atoms with Crippen molar-refractivity contribution >= 4 is 23.1 Å². The second-order valence-corrected chi connectivity index (χ2v) is 5.37. The number of nitrogens with zero attached hydrogens (tertiary/aromatic N) is 1. The summed E-state index contributed by atoms with van der Waals surface area (Å²) in [6.45, 7) is 0.116. The molecule has 0 bridgehead atoms. The van der Waals surface area contributed by atoms with Crippen LogP contribution in [-0.2, 0) is 11.0 Å². The van der Waals surface area contributed by atoms with Crippen molar-refractivity contribution in [3.05, 3.63) is 29.3 Å². The molecule has 2 rings (SSSR count). The number of amides is 1. The van der Waals surface area contributed by atoms with E-state index < -0.39 is 23.7 Å². The number of hydrogen-bond acceptors (Lipinski definition) is 4. The van der Waals surface area contributed by atoms with E-state index in [-0.39, 0.29) is 22.9 Å². The lowest BCUT2D eigenvalue weighted by molar-refractivity contribution is -0.139. The Hall–Kier alpha value is -2.31. The number of carbonyl (C=O) groups excluding carboxylic acids is 1. The van der Waals surface area contributed by atoms with E-state index in [1.165, 1.54) is 16.4 Å². The largest absolute Gasteiger partial charge is 0.480 e. The minimum atomic E-state index is -4.65. The Morgan fingerprint density at radius 3 is 2.75 bits per heavy atom. The molecule has 9 heteroatoms. The normalized spacial score (nSPS) is 16.8. The van der Waals surface area contributed by atoms with E-state index in [2.05, 4.69) is 5.92 Å². The molecule has 1 aliphatic heterocycles. The molecule has 1 fully saturated rings. The average Bonchev–Trinajstić information content (AvgIpc) is 2.50. The molecule has 128 valence electrons. The van der Waals surface area contributed by atoms with Gasteiger partial charge in [-0.15, -0.1) is 6.42 Å². The van der Waals surface area contributed by atoms with Gasteiger partial charge >= 0.3 is 6.18 Å². The number of rotatable bonds is 4. The Bertz CT molecular complexity index is 700. The van der Waals surface area contributed by atoms with Gasteiger partial charge in [-0.2, -0.15) is 13.2 Å². The average molecular weight is 358 g/mol. The summed E-state index contributed by atoms with van der Waals surface area (Å²) in [5.74, 6) is 1.05. The zero-order valence-corrected chi connectivity index (χ0v) is 13.1. The molecule has 1 saturated heterocycles. The number of hydrogen-bond donors (Lipinski definition) is 2. The molecule has 0 aromatic heterocycles. The lowest BCUT2D eigenvalue weighted by Crippen LogP contribution is -2.57. The topological polar surface area (TPSA) is 61.8 Å². The van der Waals surface area contributed by atoms with E-state index >= 15 is 0 Å². The van der Waals surface area contributed by atoms with Crippen molar-refractivity contribution in [1.29, 1.82) is 0 Å². The zero-order chi connectivity index (χ0) is 17.9.